The molecule has 4 nitrogen and oxygen atoms in total. The van der Waals surface area contributed by atoms with Gasteiger partial charge in [0.2, 0.25) is 5.91 Å². The highest BCUT2D eigenvalue weighted by Crippen LogP contribution is 2.36. The monoisotopic (exact) mass is 370 g/mol. The van der Waals surface area contributed by atoms with E-state index in [1.54, 1.807) is 0 Å². The van der Waals surface area contributed by atoms with Gasteiger partial charge in [-0.05, 0) is 56.2 Å². The number of carbonyl (C=O) groups excluding carboxylic acids is 1. The molecule has 2 bridgehead atoms. The summed E-state index contributed by atoms with van der Waals surface area (Å²) in [6, 6.07) is 4.16. The van der Waals surface area contributed by atoms with Crippen LogP contribution in [-0.2, 0) is 11.0 Å². The van der Waals surface area contributed by atoms with Crippen molar-refractivity contribution >= 4 is 11.6 Å². The number of anilines is 1. The van der Waals surface area contributed by atoms with E-state index in [-0.39, 0.29) is 23.3 Å². The van der Waals surface area contributed by atoms with Crippen molar-refractivity contribution in [2.24, 2.45) is 5.92 Å². The summed E-state index contributed by atoms with van der Waals surface area (Å²) in [6.07, 6.45) is 0.787. The van der Waals surface area contributed by atoms with Crippen molar-refractivity contribution in [3.8, 4) is 5.75 Å². The topological polar surface area (TPSA) is 50.4 Å². The zero-order valence-corrected chi connectivity index (χ0v) is 14.9. The lowest BCUT2D eigenvalue weighted by Gasteiger charge is -2.28. The van der Waals surface area contributed by atoms with Crippen molar-refractivity contribution in [3.63, 3.8) is 0 Å². The van der Waals surface area contributed by atoms with Gasteiger partial charge in [0.25, 0.3) is 0 Å². The second-order valence-corrected chi connectivity index (χ2v) is 7.28. The molecule has 2 N–H and O–H groups in total. The van der Waals surface area contributed by atoms with Crippen molar-refractivity contribution < 1.29 is 22.7 Å². The van der Waals surface area contributed by atoms with Gasteiger partial charge in [-0.25, -0.2) is 0 Å². The van der Waals surface area contributed by atoms with Crippen LogP contribution < -0.4 is 15.4 Å². The number of carbonyl (C=O) groups is 1. The molecule has 2 saturated heterocycles. The lowest BCUT2D eigenvalue weighted by atomic mass is 9.89. The minimum absolute atomic E-state index is 0.0928. The molecule has 2 atom stereocenters. The molecule has 144 valence electrons. The molecule has 2 heterocycles. The van der Waals surface area contributed by atoms with Gasteiger partial charge < -0.3 is 15.4 Å². The summed E-state index contributed by atoms with van der Waals surface area (Å²) < 4.78 is 44.5. The number of benzene rings is 1. The number of ether oxygens (including phenoxy) is 1. The van der Waals surface area contributed by atoms with E-state index < -0.39 is 11.7 Å². The lowest BCUT2D eigenvalue weighted by Crippen LogP contribution is -2.39. The van der Waals surface area contributed by atoms with E-state index >= 15 is 0 Å². The molecule has 3 rings (SSSR count). The Balaban J connectivity index is 1.68. The molecule has 7 heteroatoms. The van der Waals surface area contributed by atoms with Crippen molar-refractivity contribution in [3.05, 3.63) is 23.8 Å². The minimum atomic E-state index is -4.46. The standard InChI is InChI=1S/C19H25F3N2O2/c1-2-7-26-17-6-3-13(19(20,21)22)11-16(17)24-18(25)10-12-8-14-4-5-15(9-12)23-14/h3,6,11-12,14-15,23H,2,4-5,7-10H2,1H3,(H,24,25). The van der Waals surface area contributed by atoms with Crippen molar-refractivity contribution in [1.29, 1.82) is 0 Å². The summed E-state index contributed by atoms with van der Waals surface area (Å²) in [5.41, 5.74) is -0.702. The van der Waals surface area contributed by atoms with Crippen LogP contribution in [0.3, 0.4) is 0 Å². The van der Waals surface area contributed by atoms with Crippen LogP contribution in [-0.4, -0.2) is 24.6 Å². The fraction of sp³-hybridized carbons (Fsp3) is 0.632. The first kappa shape index (κ1) is 19.0. The van der Waals surface area contributed by atoms with Crippen LogP contribution in [0.1, 0.15) is 51.0 Å². The molecule has 0 radical (unpaired) electrons. The minimum Gasteiger partial charge on any atom is -0.491 e. The van der Waals surface area contributed by atoms with Crippen LogP contribution in [0.5, 0.6) is 5.75 Å². The number of alkyl halides is 3. The van der Waals surface area contributed by atoms with Crippen LogP contribution in [0.25, 0.3) is 0 Å². The fourth-order valence-corrected chi connectivity index (χ4v) is 3.95. The maximum absolute atomic E-state index is 13.0. The van der Waals surface area contributed by atoms with Gasteiger partial charge in [0, 0.05) is 18.5 Å². The summed E-state index contributed by atoms with van der Waals surface area (Å²) in [5, 5.41) is 6.17. The summed E-state index contributed by atoms with van der Waals surface area (Å²) in [7, 11) is 0. The Labute approximate surface area is 151 Å². The molecule has 2 unspecified atom stereocenters. The first-order valence-corrected chi connectivity index (χ1v) is 9.25. The number of hydrogen-bond donors (Lipinski definition) is 2. The number of hydrogen-bond acceptors (Lipinski definition) is 3. The van der Waals surface area contributed by atoms with Gasteiger partial charge in [-0.2, -0.15) is 13.2 Å². The van der Waals surface area contributed by atoms with Gasteiger partial charge in [0.15, 0.2) is 0 Å². The Morgan fingerprint density at radius 2 is 1.96 bits per heavy atom. The van der Waals surface area contributed by atoms with E-state index in [0.717, 1.165) is 44.2 Å². The predicted molar refractivity (Wildman–Crippen MR) is 93.1 cm³/mol. The first-order chi connectivity index (χ1) is 12.3. The molecule has 26 heavy (non-hydrogen) atoms. The maximum Gasteiger partial charge on any atom is 0.416 e. The van der Waals surface area contributed by atoms with E-state index in [1.807, 2.05) is 6.92 Å². The highest BCUT2D eigenvalue weighted by molar-refractivity contribution is 5.92. The second kappa shape index (κ2) is 7.86. The van der Waals surface area contributed by atoms with Crippen LogP contribution in [0, 0.1) is 5.92 Å². The normalized spacial score (nSPS) is 25.2. The van der Waals surface area contributed by atoms with Crippen LogP contribution >= 0.6 is 0 Å². The highest BCUT2D eigenvalue weighted by Gasteiger charge is 2.35. The van der Waals surface area contributed by atoms with E-state index in [2.05, 4.69) is 10.6 Å². The summed E-state index contributed by atoms with van der Waals surface area (Å²) in [4.78, 5) is 12.4. The van der Waals surface area contributed by atoms with Crippen LogP contribution in [0.4, 0.5) is 18.9 Å². The SMILES string of the molecule is CCCOc1ccc(C(F)(F)F)cc1NC(=O)CC1CC2CCC(C1)N2. The average Bonchev–Trinajstić information content (AvgIpc) is 2.91. The van der Waals surface area contributed by atoms with Gasteiger partial charge >= 0.3 is 6.18 Å². The number of amides is 1. The summed E-state index contributed by atoms with van der Waals surface area (Å²) in [6.45, 7) is 2.29. The Morgan fingerprint density at radius 3 is 2.58 bits per heavy atom. The van der Waals surface area contributed by atoms with Gasteiger partial charge in [-0.3, -0.25) is 4.79 Å². The number of fused-ring (bicyclic) bond motifs is 2. The van der Waals surface area contributed by atoms with Crippen molar-refractivity contribution in [2.75, 3.05) is 11.9 Å². The van der Waals surface area contributed by atoms with Gasteiger partial charge in [-0.1, -0.05) is 6.92 Å². The van der Waals surface area contributed by atoms with E-state index in [1.165, 1.54) is 6.07 Å². The fourth-order valence-electron chi connectivity index (χ4n) is 3.95. The largest absolute Gasteiger partial charge is 0.491 e. The third-order valence-electron chi connectivity index (χ3n) is 5.09. The van der Waals surface area contributed by atoms with Gasteiger partial charge in [-0.15, -0.1) is 0 Å². The van der Waals surface area contributed by atoms with Gasteiger partial charge in [0.1, 0.15) is 5.75 Å². The molecular formula is C19H25F3N2O2. The second-order valence-electron chi connectivity index (χ2n) is 7.28. The molecule has 1 aromatic rings. The first-order valence-electron chi connectivity index (χ1n) is 9.25. The third-order valence-corrected chi connectivity index (χ3v) is 5.09. The summed E-state index contributed by atoms with van der Waals surface area (Å²) >= 11 is 0. The molecule has 0 saturated carbocycles. The molecular weight excluding hydrogens is 345 g/mol. The van der Waals surface area contributed by atoms with Crippen LogP contribution in [0.2, 0.25) is 0 Å². The zero-order valence-electron chi connectivity index (χ0n) is 14.9. The predicted octanol–water partition coefficient (Wildman–Crippen LogP) is 4.35. The molecule has 1 aromatic carbocycles. The highest BCUT2D eigenvalue weighted by atomic mass is 19.4. The molecule has 0 spiro atoms. The quantitative estimate of drug-likeness (QED) is 0.783. The van der Waals surface area contributed by atoms with Crippen molar-refractivity contribution in [2.45, 2.75) is 63.7 Å². The number of rotatable bonds is 6. The molecule has 2 fully saturated rings. The Bertz CT molecular complexity index is 636. The van der Waals surface area contributed by atoms with E-state index in [0.29, 0.717) is 25.1 Å². The number of halogens is 3. The smallest absolute Gasteiger partial charge is 0.416 e. The summed E-state index contributed by atoms with van der Waals surface area (Å²) in [5.74, 6) is 0.301. The molecule has 1 amide bonds. The molecule has 2 aliphatic heterocycles. The van der Waals surface area contributed by atoms with E-state index in [4.69, 9.17) is 4.74 Å². The molecule has 0 aromatic heterocycles. The third kappa shape index (κ3) is 4.69. The van der Waals surface area contributed by atoms with E-state index in [9.17, 15) is 18.0 Å². The Hall–Kier alpha value is -1.76. The Morgan fingerprint density at radius 1 is 1.27 bits per heavy atom. The average molecular weight is 370 g/mol. The lowest BCUT2D eigenvalue weighted by molar-refractivity contribution is -0.137. The number of nitrogens with one attached hydrogen (secondary N) is 2. The van der Waals surface area contributed by atoms with Crippen molar-refractivity contribution in [1.82, 2.24) is 5.32 Å². The zero-order chi connectivity index (χ0) is 18.7. The molecule has 0 aliphatic carbocycles. The Kier molecular flexibility index (Phi) is 5.75. The number of piperidine rings is 1. The maximum atomic E-state index is 13.0. The van der Waals surface area contributed by atoms with Crippen LogP contribution in [0.15, 0.2) is 18.2 Å². The molecule has 2 aliphatic rings. The van der Waals surface area contributed by atoms with Gasteiger partial charge in [0.05, 0.1) is 17.9 Å².